The molecule has 0 saturated heterocycles. The molecule has 0 heterocycles. The van der Waals surface area contributed by atoms with Crippen LogP contribution in [0.5, 0.6) is 0 Å². The molecule has 1 nitrogen and oxygen atoms in total. The zero-order chi connectivity index (χ0) is 11.3. The van der Waals surface area contributed by atoms with Gasteiger partial charge in [-0.2, -0.15) is 0 Å². The summed E-state index contributed by atoms with van der Waals surface area (Å²) in [5.74, 6) is 0.738. The first-order valence-electron chi connectivity index (χ1n) is 5.20. The van der Waals surface area contributed by atoms with Crippen LogP contribution in [0.4, 0.5) is 0 Å². The molecule has 0 saturated carbocycles. The summed E-state index contributed by atoms with van der Waals surface area (Å²) in [6.45, 7) is 4.04. The molecule has 0 aliphatic heterocycles. The summed E-state index contributed by atoms with van der Waals surface area (Å²) in [4.78, 5) is 1.15. The standard InChI is InChI=1S/C12H17ClOS/c1-3-12(14,4-2)9-15-11-7-5-10(13)6-8-11/h5-8,14H,3-4,9H2,1-2H3. The molecule has 0 aliphatic rings. The first-order chi connectivity index (χ1) is 7.09. The van der Waals surface area contributed by atoms with Gasteiger partial charge in [0.05, 0.1) is 5.60 Å². The average Bonchev–Trinajstić information content (AvgIpc) is 2.28. The number of hydrogen-bond acceptors (Lipinski definition) is 2. The quantitative estimate of drug-likeness (QED) is 0.791. The van der Waals surface area contributed by atoms with Crippen molar-refractivity contribution in [2.24, 2.45) is 0 Å². The second-order valence-electron chi connectivity index (χ2n) is 3.67. The van der Waals surface area contributed by atoms with Crippen molar-refractivity contribution in [3.05, 3.63) is 29.3 Å². The lowest BCUT2D eigenvalue weighted by molar-refractivity contribution is 0.0572. The van der Waals surface area contributed by atoms with Crippen LogP contribution in [-0.2, 0) is 0 Å². The van der Waals surface area contributed by atoms with Crippen LogP contribution >= 0.6 is 23.4 Å². The van der Waals surface area contributed by atoms with Crippen molar-refractivity contribution in [3.8, 4) is 0 Å². The second-order valence-corrected chi connectivity index (χ2v) is 5.16. The molecule has 0 radical (unpaired) electrons. The minimum absolute atomic E-state index is 0.537. The van der Waals surface area contributed by atoms with Crippen LogP contribution < -0.4 is 0 Å². The van der Waals surface area contributed by atoms with Crippen molar-refractivity contribution in [1.29, 1.82) is 0 Å². The van der Waals surface area contributed by atoms with Crippen LogP contribution in [0.1, 0.15) is 26.7 Å². The van der Waals surface area contributed by atoms with Crippen LogP contribution in [0.2, 0.25) is 5.02 Å². The van der Waals surface area contributed by atoms with Crippen LogP contribution in [0.15, 0.2) is 29.2 Å². The molecular weight excluding hydrogens is 228 g/mol. The summed E-state index contributed by atoms with van der Waals surface area (Å²) in [5, 5.41) is 10.8. The molecule has 0 atom stereocenters. The minimum Gasteiger partial charge on any atom is -0.389 e. The molecule has 0 unspecified atom stereocenters. The van der Waals surface area contributed by atoms with Gasteiger partial charge in [0.15, 0.2) is 0 Å². The summed E-state index contributed by atoms with van der Waals surface area (Å²) in [6.07, 6.45) is 1.59. The molecule has 0 spiro atoms. The van der Waals surface area contributed by atoms with E-state index in [0.29, 0.717) is 0 Å². The molecule has 84 valence electrons. The van der Waals surface area contributed by atoms with Gasteiger partial charge in [-0.05, 0) is 37.1 Å². The van der Waals surface area contributed by atoms with Crippen molar-refractivity contribution < 1.29 is 5.11 Å². The summed E-state index contributed by atoms with van der Waals surface area (Å²) >= 11 is 7.47. The van der Waals surface area contributed by atoms with E-state index in [2.05, 4.69) is 0 Å². The molecule has 3 heteroatoms. The summed E-state index contributed by atoms with van der Waals surface area (Å²) in [7, 11) is 0. The molecular formula is C12H17ClOS. The number of hydrogen-bond donors (Lipinski definition) is 1. The number of benzene rings is 1. The van der Waals surface area contributed by atoms with Gasteiger partial charge in [-0.1, -0.05) is 25.4 Å². The molecule has 0 amide bonds. The lowest BCUT2D eigenvalue weighted by atomic mass is 10.0. The van der Waals surface area contributed by atoms with Gasteiger partial charge in [0.1, 0.15) is 0 Å². The maximum Gasteiger partial charge on any atom is 0.0736 e. The largest absolute Gasteiger partial charge is 0.389 e. The highest BCUT2D eigenvalue weighted by Gasteiger charge is 2.21. The van der Waals surface area contributed by atoms with Gasteiger partial charge >= 0.3 is 0 Å². The van der Waals surface area contributed by atoms with Gasteiger partial charge in [-0.25, -0.2) is 0 Å². The maximum absolute atomic E-state index is 10.1. The highest BCUT2D eigenvalue weighted by atomic mass is 35.5. The molecule has 1 aromatic rings. The van der Waals surface area contributed by atoms with Gasteiger partial charge in [0.2, 0.25) is 0 Å². The minimum atomic E-state index is -0.537. The van der Waals surface area contributed by atoms with Crippen molar-refractivity contribution in [2.75, 3.05) is 5.75 Å². The van der Waals surface area contributed by atoms with Gasteiger partial charge in [-0.15, -0.1) is 11.8 Å². The normalized spacial score (nSPS) is 11.7. The molecule has 0 bridgehead atoms. The lowest BCUT2D eigenvalue weighted by Crippen LogP contribution is -2.29. The average molecular weight is 245 g/mol. The van der Waals surface area contributed by atoms with E-state index in [-0.39, 0.29) is 0 Å². The molecule has 1 aromatic carbocycles. The number of halogens is 1. The highest BCUT2D eigenvalue weighted by Crippen LogP contribution is 2.27. The van der Waals surface area contributed by atoms with E-state index in [1.54, 1.807) is 11.8 Å². The number of aliphatic hydroxyl groups is 1. The Morgan fingerprint density at radius 3 is 2.20 bits per heavy atom. The monoisotopic (exact) mass is 244 g/mol. The van der Waals surface area contributed by atoms with Crippen LogP contribution in [-0.4, -0.2) is 16.5 Å². The van der Waals surface area contributed by atoms with E-state index in [0.717, 1.165) is 28.5 Å². The third-order valence-electron chi connectivity index (χ3n) is 2.64. The Balaban J connectivity index is 2.53. The van der Waals surface area contributed by atoms with E-state index < -0.39 is 5.60 Å². The maximum atomic E-state index is 10.1. The fraction of sp³-hybridized carbons (Fsp3) is 0.500. The van der Waals surface area contributed by atoms with Gasteiger partial charge in [-0.3, -0.25) is 0 Å². The predicted molar refractivity (Wildman–Crippen MR) is 67.7 cm³/mol. The Morgan fingerprint density at radius 2 is 1.73 bits per heavy atom. The number of thioether (sulfide) groups is 1. The summed E-state index contributed by atoms with van der Waals surface area (Å²) < 4.78 is 0. The van der Waals surface area contributed by atoms with E-state index in [1.807, 2.05) is 38.1 Å². The number of rotatable bonds is 5. The van der Waals surface area contributed by atoms with E-state index in [9.17, 15) is 5.11 Å². The van der Waals surface area contributed by atoms with Gasteiger partial charge < -0.3 is 5.11 Å². The Bertz CT molecular complexity index is 293. The second kappa shape index (κ2) is 5.78. The van der Waals surface area contributed by atoms with Crippen molar-refractivity contribution in [3.63, 3.8) is 0 Å². The molecule has 1 N–H and O–H groups in total. The topological polar surface area (TPSA) is 20.2 Å². The first-order valence-corrected chi connectivity index (χ1v) is 6.57. The third-order valence-corrected chi connectivity index (χ3v) is 4.18. The Labute approximate surface area is 101 Å². The Hall–Kier alpha value is -0.180. The first kappa shape index (κ1) is 12.9. The zero-order valence-electron chi connectivity index (χ0n) is 9.16. The van der Waals surface area contributed by atoms with Gasteiger partial charge in [0.25, 0.3) is 0 Å². The highest BCUT2D eigenvalue weighted by molar-refractivity contribution is 7.99. The van der Waals surface area contributed by atoms with Crippen LogP contribution in [0.3, 0.4) is 0 Å². The smallest absolute Gasteiger partial charge is 0.0736 e. The fourth-order valence-corrected chi connectivity index (χ4v) is 2.50. The fourth-order valence-electron chi connectivity index (χ4n) is 1.20. The van der Waals surface area contributed by atoms with E-state index in [4.69, 9.17) is 11.6 Å². The van der Waals surface area contributed by atoms with Crippen LogP contribution in [0.25, 0.3) is 0 Å². The SMILES string of the molecule is CCC(O)(CC)CSc1ccc(Cl)cc1. The molecule has 15 heavy (non-hydrogen) atoms. The molecule has 0 fully saturated rings. The Kier molecular flexibility index (Phi) is 4.97. The summed E-state index contributed by atoms with van der Waals surface area (Å²) in [6, 6.07) is 7.72. The zero-order valence-corrected chi connectivity index (χ0v) is 10.7. The molecule has 0 aromatic heterocycles. The lowest BCUT2D eigenvalue weighted by Gasteiger charge is -2.24. The third kappa shape index (κ3) is 4.06. The van der Waals surface area contributed by atoms with Gasteiger partial charge in [0, 0.05) is 15.7 Å². The molecule has 0 aliphatic carbocycles. The van der Waals surface area contributed by atoms with Crippen LogP contribution in [0, 0.1) is 0 Å². The predicted octanol–water partition coefficient (Wildman–Crippen LogP) is 3.98. The molecule has 1 rings (SSSR count). The van der Waals surface area contributed by atoms with E-state index in [1.165, 1.54) is 0 Å². The van der Waals surface area contributed by atoms with E-state index >= 15 is 0 Å². The summed E-state index contributed by atoms with van der Waals surface area (Å²) in [5.41, 5.74) is -0.537. The Morgan fingerprint density at radius 1 is 1.20 bits per heavy atom. The van der Waals surface area contributed by atoms with Crippen molar-refractivity contribution in [1.82, 2.24) is 0 Å². The van der Waals surface area contributed by atoms with Crippen molar-refractivity contribution in [2.45, 2.75) is 37.2 Å². The van der Waals surface area contributed by atoms with Crippen molar-refractivity contribution >= 4 is 23.4 Å².